The molecular weight excluding hydrogens is 295 g/mol. The third kappa shape index (κ3) is 3.24. The van der Waals surface area contributed by atoms with E-state index in [0.29, 0.717) is 11.6 Å². The molecule has 3 nitrogen and oxygen atoms in total. The Kier molecular flexibility index (Phi) is 4.53. The lowest BCUT2D eigenvalue weighted by molar-refractivity contribution is 0.0952. The first-order valence-corrected chi connectivity index (χ1v) is 6.82. The van der Waals surface area contributed by atoms with Crippen LogP contribution in [0.25, 0.3) is 0 Å². The van der Waals surface area contributed by atoms with Crippen LogP contribution in [0.1, 0.15) is 21.5 Å². The molecule has 0 bridgehead atoms. The van der Waals surface area contributed by atoms with Gasteiger partial charge in [0.2, 0.25) is 0 Å². The minimum absolute atomic E-state index is 0.247. The number of amides is 1. The number of hydrogen-bond acceptors (Lipinski definition) is 2. The largest absolute Gasteiger partial charge is 0.398 e. The molecule has 0 spiro atoms. The maximum absolute atomic E-state index is 12.2. The third-order valence-corrected chi connectivity index (χ3v) is 3.53. The van der Waals surface area contributed by atoms with Crippen molar-refractivity contribution < 1.29 is 4.79 Å². The average Bonchev–Trinajstić information content (AvgIpc) is 2.36. The van der Waals surface area contributed by atoms with Crippen molar-refractivity contribution in [1.82, 2.24) is 5.32 Å². The van der Waals surface area contributed by atoms with Crippen LogP contribution in [0.5, 0.6) is 0 Å². The number of nitrogens with one attached hydrogen (secondary N) is 1. The van der Waals surface area contributed by atoms with Crippen molar-refractivity contribution in [3.8, 4) is 0 Å². The van der Waals surface area contributed by atoms with E-state index >= 15 is 0 Å². The highest BCUT2D eigenvalue weighted by atomic mass is 35.5. The van der Waals surface area contributed by atoms with E-state index in [1.165, 1.54) is 12.1 Å². The Hall–Kier alpha value is -1.71. The fraction of sp³-hybridized carbons (Fsp3) is 0.133. The number of nitrogen functional groups attached to an aromatic ring is 1. The molecule has 1 amide bonds. The second-order valence-corrected chi connectivity index (χ2v) is 5.30. The summed E-state index contributed by atoms with van der Waals surface area (Å²) in [7, 11) is 0. The van der Waals surface area contributed by atoms with E-state index in [1.54, 1.807) is 0 Å². The molecule has 0 atom stereocenters. The number of carbonyl (C=O) groups excluding carboxylic acids is 1. The van der Waals surface area contributed by atoms with Crippen LogP contribution in [0.2, 0.25) is 10.0 Å². The molecule has 0 aliphatic heterocycles. The summed E-state index contributed by atoms with van der Waals surface area (Å²) in [4.78, 5) is 12.2. The Labute approximate surface area is 127 Å². The molecule has 2 aromatic rings. The number of rotatable bonds is 3. The Morgan fingerprint density at radius 2 is 1.95 bits per heavy atom. The Bertz CT molecular complexity index is 633. The van der Waals surface area contributed by atoms with Gasteiger partial charge in [0.05, 0.1) is 10.6 Å². The van der Waals surface area contributed by atoms with E-state index in [-0.39, 0.29) is 22.2 Å². The van der Waals surface area contributed by atoms with E-state index in [9.17, 15) is 4.79 Å². The predicted octanol–water partition coefficient (Wildman–Crippen LogP) is 3.81. The highest BCUT2D eigenvalue weighted by molar-refractivity contribution is 6.37. The summed E-state index contributed by atoms with van der Waals surface area (Å²) in [5, 5.41) is 3.46. The lowest BCUT2D eigenvalue weighted by atomic mass is 10.1. The minimum atomic E-state index is -0.313. The molecule has 104 valence electrons. The second kappa shape index (κ2) is 6.16. The molecule has 0 aliphatic carbocycles. The maximum Gasteiger partial charge on any atom is 0.255 e. The molecule has 3 N–H and O–H groups in total. The summed E-state index contributed by atoms with van der Waals surface area (Å²) >= 11 is 11.8. The van der Waals surface area contributed by atoms with Crippen LogP contribution >= 0.6 is 23.2 Å². The first-order chi connectivity index (χ1) is 9.49. The van der Waals surface area contributed by atoms with Crippen LogP contribution in [0.4, 0.5) is 5.69 Å². The molecule has 0 radical (unpaired) electrons. The van der Waals surface area contributed by atoms with Crippen molar-refractivity contribution in [2.24, 2.45) is 0 Å². The summed E-state index contributed by atoms with van der Waals surface area (Å²) < 4.78 is 0. The summed E-state index contributed by atoms with van der Waals surface area (Å²) in [6.45, 7) is 2.41. The van der Waals surface area contributed by atoms with Gasteiger partial charge in [-0.3, -0.25) is 4.79 Å². The molecular formula is C15H14Cl2N2O. The molecule has 0 heterocycles. The zero-order chi connectivity index (χ0) is 14.7. The molecule has 5 heteroatoms. The van der Waals surface area contributed by atoms with Gasteiger partial charge in [0, 0.05) is 17.3 Å². The van der Waals surface area contributed by atoms with Crippen molar-refractivity contribution >= 4 is 34.8 Å². The molecule has 0 saturated heterocycles. The van der Waals surface area contributed by atoms with Crippen LogP contribution in [0.3, 0.4) is 0 Å². The first-order valence-electron chi connectivity index (χ1n) is 6.06. The average molecular weight is 309 g/mol. The monoisotopic (exact) mass is 308 g/mol. The molecule has 0 aliphatic rings. The van der Waals surface area contributed by atoms with E-state index in [1.807, 2.05) is 31.2 Å². The van der Waals surface area contributed by atoms with Gasteiger partial charge in [-0.15, -0.1) is 0 Å². The van der Waals surface area contributed by atoms with Gasteiger partial charge in [-0.05, 0) is 30.2 Å². The van der Waals surface area contributed by atoms with Gasteiger partial charge in [0.15, 0.2) is 0 Å². The number of hydrogen-bond donors (Lipinski definition) is 2. The number of anilines is 1. The van der Waals surface area contributed by atoms with Gasteiger partial charge < -0.3 is 11.1 Å². The smallest absolute Gasteiger partial charge is 0.255 e. The first kappa shape index (κ1) is 14.7. The quantitative estimate of drug-likeness (QED) is 0.847. The Morgan fingerprint density at radius 1 is 1.25 bits per heavy atom. The zero-order valence-corrected chi connectivity index (χ0v) is 12.4. The SMILES string of the molecule is Cc1ccccc1CNC(=O)c1c(N)cc(Cl)cc1Cl. The van der Waals surface area contributed by atoms with Gasteiger partial charge in [0.1, 0.15) is 0 Å². The fourth-order valence-electron chi connectivity index (χ4n) is 1.91. The molecule has 0 aromatic heterocycles. The van der Waals surface area contributed by atoms with Gasteiger partial charge in [0.25, 0.3) is 5.91 Å². The fourth-order valence-corrected chi connectivity index (χ4v) is 2.50. The second-order valence-electron chi connectivity index (χ2n) is 4.46. The number of benzene rings is 2. The maximum atomic E-state index is 12.2. The van der Waals surface area contributed by atoms with E-state index in [0.717, 1.165) is 11.1 Å². The van der Waals surface area contributed by atoms with Crippen molar-refractivity contribution in [3.63, 3.8) is 0 Å². The predicted molar refractivity (Wildman–Crippen MR) is 83.2 cm³/mol. The van der Waals surface area contributed by atoms with Crippen LogP contribution in [0, 0.1) is 6.92 Å². The van der Waals surface area contributed by atoms with Crippen LogP contribution in [0.15, 0.2) is 36.4 Å². The van der Waals surface area contributed by atoms with Crippen LogP contribution < -0.4 is 11.1 Å². The van der Waals surface area contributed by atoms with E-state index in [4.69, 9.17) is 28.9 Å². The van der Waals surface area contributed by atoms with Crippen molar-refractivity contribution in [1.29, 1.82) is 0 Å². The number of halogens is 2. The van der Waals surface area contributed by atoms with Gasteiger partial charge in [-0.2, -0.15) is 0 Å². The van der Waals surface area contributed by atoms with Crippen molar-refractivity contribution in [3.05, 3.63) is 63.1 Å². The summed E-state index contributed by atoms with van der Waals surface area (Å²) in [5.74, 6) is -0.313. The minimum Gasteiger partial charge on any atom is -0.398 e. The molecule has 2 rings (SSSR count). The normalized spacial score (nSPS) is 10.3. The van der Waals surface area contributed by atoms with Crippen molar-refractivity contribution in [2.75, 3.05) is 5.73 Å². The summed E-state index contributed by atoms with van der Waals surface area (Å²) in [6.07, 6.45) is 0. The zero-order valence-electron chi connectivity index (χ0n) is 10.9. The van der Waals surface area contributed by atoms with Gasteiger partial charge >= 0.3 is 0 Å². The molecule has 0 fully saturated rings. The highest BCUT2D eigenvalue weighted by Crippen LogP contribution is 2.27. The van der Waals surface area contributed by atoms with Crippen LogP contribution in [-0.4, -0.2) is 5.91 Å². The summed E-state index contributed by atoms with van der Waals surface area (Å²) in [6, 6.07) is 10.8. The standard InChI is InChI=1S/C15H14Cl2N2O/c1-9-4-2-3-5-10(9)8-19-15(20)14-12(17)6-11(16)7-13(14)18/h2-7H,8,18H2,1H3,(H,19,20). The molecule has 0 saturated carbocycles. The van der Waals surface area contributed by atoms with E-state index < -0.39 is 0 Å². The number of aryl methyl sites for hydroxylation is 1. The molecule has 20 heavy (non-hydrogen) atoms. The van der Waals surface area contributed by atoms with Gasteiger partial charge in [-0.1, -0.05) is 47.5 Å². The topological polar surface area (TPSA) is 55.1 Å². The van der Waals surface area contributed by atoms with Crippen molar-refractivity contribution in [2.45, 2.75) is 13.5 Å². The lowest BCUT2D eigenvalue weighted by Crippen LogP contribution is -2.24. The summed E-state index contributed by atoms with van der Waals surface area (Å²) in [5.41, 5.74) is 8.47. The van der Waals surface area contributed by atoms with Gasteiger partial charge in [-0.25, -0.2) is 0 Å². The Morgan fingerprint density at radius 3 is 2.60 bits per heavy atom. The number of nitrogens with two attached hydrogens (primary N) is 1. The highest BCUT2D eigenvalue weighted by Gasteiger charge is 2.15. The van der Waals surface area contributed by atoms with Crippen LogP contribution in [-0.2, 0) is 6.54 Å². The third-order valence-electron chi connectivity index (χ3n) is 3.01. The molecule has 2 aromatic carbocycles. The van der Waals surface area contributed by atoms with E-state index in [2.05, 4.69) is 5.32 Å². The Balaban J connectivity index is 2.16. The lowest BCUT2D eigenvalue weighted by Gasteiger charge is -2.11. The number of carbonyl (C=O) groups is 1. The molecule has 0 unspecified atom stereocenters.